The molecule has 4 N–H and O–H groups in total. The van der Waals surface area contributed by atoms with E-state index in [1.54, 1.807) is 0 Å². The van der Waals surface area contributed by atoms with Crippen molar-refractivity contribution in [1.82, 2.24) is 0 Å². The van der Waals surface area contributed by atoms with Crippen molar-refractivity contribution < 1.29 is 0 Å². The molecule has 0 aliphatic rings. The van der Waals surface area contributed by atoms with Crippen molar-refractivity contribution in [3.05, 3.63) is 27.1 Å². The van der Waals surface area contributed by atoms with E-state index < -0.39 is 0 Å². The van der Waals surface area contributed by atoms with Gasteiger partial charge in [-0.15, -0.1) is 0 Å². The standard InChI is InChI=1S/C7H7Br2N3/c8-5-2-1-4(3-6(5)9)12-7(10)11/h1-3H,(H4,10,11,12). The number of guanidine groups is 1. The van der Waals surface area contributed by atoms with E-state index >= 15 is 0 Å². The van der Waals surface area contributed by atoms with Crippen molar-refractivity contribution >= 4 is 43.5 Å². The monoisotopic (exact) mass is 291 g/mol. The highest BCUT2D eigenvalue weighted by Gasteiger charge is 1.98. The second-order valence-corrected chi connectivity index (χ2v) is 3.88. The number of hydrogen-bond acceptors (Lipinski definition) is 1. The number of nitrogens with two attached hydrogens (primary N) is 1. The van der Waals surface area contributed by atoms with Gasteiger partial charge in [0.25, 0.3) is 0 Å². The summed E-state index contributed by atoms with van der Waals surface area (Å²) in [5.41, 5.74) is 5.95. The van der Waals surface area contributed by atoms with Gasteiger partial charge in [0.2, 0.25) is 0 Å². The Morgan fingerprint density at radius 3 is 2.50 bits per heavy atom. The van der Waals surface area contributed by atoms with Crippen LogP contribution in [0.5, 0.6) is 0 Å². The van der Waals surface area contributed by atoms with Crippen LogP contribution in [0.25, 0.3) is 0 Å². The maximum absolute atomic E-state index is 7.00. The summed E-state index contributed by atoms with van der Waals surface area (Å²) in [4.78, 5) is 0. The molecule has 0 fully saturated rings. The molecule has 0 saturated heterocycles. The summed E-state index contributed by atoms with van der Waals surface area (Å²) in [6.07, 6.45) is 0. The molecule has 1 aromatic carbocycles. The van der Waals surface area contributed by atoms with Gasteiger partial charge in [-0.3, -0.25) is 5.41 Å². The van der Waals surface area contributed by atoms with Crippen LogP contribution >= 0.6 is 31.9 Å². The van der Waals surface area contributed by atoms with Gasteiger partial charge in [-0.1, -0.05) is 0 Å². The second-order valence-electron chi connectivity index (χ2n) is 2.17. The van der Waals surface area contributed by atoms with E-state index in [2.05, 4.69) is 37.2 Å². The molecule has 1 aromatic rings. The maximum Gasteiger partial charge on any atom is 0.190 e. The second kappa shape index (κ2) is 3.91. The van der Waals surface area contributed by atoms with Crippen LogP contribution in [0, 0.1) is 5.41 Å². The lowest BCUT2D eigenvalue weighted by Gasteiger charge is -2.04. The first-order chi connectivity index (χ1) is 5.59. The van der Waals surface area contributed by atoms with E-state index in [4.69, 9.17) is 11.1 Å². The molecule has 0 heterocycles. The average Bonchev–Trinajstić information content (AvgIpc) is 1.96. The zero-order valence-corrected chi connectivity index (χ0v) is 9.24. The smallest absolute Gasteiger partial charge is 0.190 e. The van der Waals surface area contributed by atoms with Gasteiger partial charge in [0, 0.05) is 14.6 Å². The zero-order valence-electron chi connectivity index (χ0n) is 6.07. The molecule has 0 radical (unpaired) electrons. The van der Waals surface area contributed by atoms with Gasteiger partial charge in [-0.2, -0.15) is 0 Å². The molecule has 0 bridgehead atoms. The van der Waals surface area contributed by atoms with Crippen molar-refractivity contribution in [1.29, 1.82) is 5.41 Å². The molecule has 3 nitrogen and oxygen atoms in total. The lowest BCUT2D eigenvalue weighted by Crippen LogP contribution is -2.20. The Kier molecular flexibility index (Phi) is 3.11. The van der Waals surface area contributed by atoms with Gasteiger partial charge in [0.05, 0.1) is 0 Å². The normalized spacial score (nSPS) is 9.50. The van der Waals surface area contributed by atoms with E-state index in [1.165, 1.54) is 0 Å². The number of halogens is 2. The zero-order chi connectivity index (χ0) is 9.14. The Hall–Kier alpha value is -0.550. The summed E-state index contributed by atoms with van der Waals surface area (Å²) < 4.78 is 1.89. The van der Waals surface area contributed by atoms with Crippen LogP contribution in [0.2, 0.25) is 0 Å². The Labute approximate surface area is 87.1 Å². The fourth-order valence-corrected chi connectivity index (χ4v) is 1.35. The first-order valence-corrected chi connectivity index (χ1v) is 4.74. The highest BCUT2D eigenvalue weighted by Crippen LogP contribution is 2.25. The molecule has 0 atom stereocenters. The predicted molar refractivity (Wildman–Crippen MR) is 57.4 cm³/mol. The summed E-state index contributed by atoms with van der Waals surface area (Å²) in [7, 11) is 0. The number of nitrogens with one attached hydrogen (secondary N) is 2. The number of benzene rings is 1. The van der Waals surface area contributed by atoms with E-state index in [0.29, 0.717) is 0 Å². The van der Waals surface area contributed by atoms with Gasteiger partial charge in [-0.25, -0.2) is 0 Å². The predicted octanol–water partition coefficient (Wildman–Crippen LogP) is 2.52. The maximum atomic E-state index is 7.00. The quantitative estimate of drug-likeness (QED) is 0.550. The molecular weight excluding hydrogens is 286 g/mol. The molecule has 0 unspecified atom stereocenters. The van der Waals surface area contributed by atoms with Crippen LogP contribution < -0.4 is 11.1 Å². The summed E-state index contributed by atoms with van der Waals surface area (Å²) >= 11 is 6.67. The van der Waals surface area contributed by atoms with E-state index in [0.717, 1.165) is 14.6 Å². The van der Waals surface area contributed by atoms with Gasteiger partial charge in [0.1, 0.15) is 0 Å². The van der Waals surface area contributed by atoms with Crippen LogP contribution in [0.15, 0.2) is 27.1 Å². The van der Waals surface area contributed by atoms with Crippen LogP contribution in [0.4, 0.5) is 5.69 Å². The van der Waals surface area contributed by atoms with Crippen molar-refractivity contribution in [2.24, 2.45) is 5.73 Å². The molecule has 0 aromatic heterocycles. The molecule has 0 aliphatic heterocycles. The highest BCUT2D eigenvalue weighted by atomic mass is 79.9. The third-order valence-corrected chi connectivity index (χ3v) is 3.08. The van der Waals surface area contributed by atoms with Crippen LogP contribution in [-0.2, 0) is 0 Å². The molecule has 0 amide bonds. The lowest BCUT2D eigenvalue weighted by atomic mass is 10.3. The van der Waals surface area contributed by atoms with Gasteiger partial charge < -0.3 is 11.1 Å². The van der Waals surface area contributed by atoms with Gasteiger partial charge >= 0.3 is 0 Å². The molecule has 64 valence electrons. The summed E-state index contributed by atoms with van der Waals surface area (Å²) in [5.74, 6) is -0.0655. The molecule has 0 spiro atoms. The minimum Gasteiger partial charge on any atom is -0.370 e. The fourth-order valence-electron chi connectivity index (χ4n) is 0.729. The molecular formula is C7H7Br2N3. The van der Waals surface area contributed by atoms with E-state index in [-0.39, 0.29) is 5.96 Å². The molecule has 5 heteroatoms. The van der Waals surface area contributed by atoms with Crippen molar-refractivity contribution in [2.75, 3.05) is 5.32 Å². The molecule has 0 aliphatic carbocycles. The molecule has 12 heavy (non-hydrogen) atoms. The Morgan fingerprint density at radius 1 is 1.33 bits per heavy atom. The Balaban J connectivity index is 2.89. The van der Waals surface area contributed by atoms with Gasteiger partial charge in [0.15, 0.2) is 5.96 Å². The largest absolute Gasteiger partial charge is 0.370 e. The minimum absolute atomic E-state index is 0.0655. The SMILES string of the molecule is N=C(N)Nc1ccc(Br)c(Br)c1. The van der Waals surface area contributed by atoms with Crippen LogP contribution in [-0.4, -0.2) is 5.96 Å². The Morgan fingerprint density at radius 2 is 2.00 bits per heavy atom. The highest BCUT2D eigenvalue weighted by molar-refractivity contribution is 9.13. The van der Waals surface area contributed by atoms with Crippen LogP contribution in [0.3, 0.4) is 0 Å². The summed E-state index contributed by atoms with van der Waals surface area (Å²) in [6, 6.07) is 5.54. The molecule has 0 saturated carbocycles. The first kappa shape index (κ1) is 9.54. The summed E-state index contributed by atoms with van der Waals surface area (Å²) in [5, 5.41) is 9.68. The summed E-state index contributed by atoms with van der Waals surface area (Å²) in [6.45, 7) is 0. The van der Waals surface area contributed by atoms with Crippen LogP contribution in [0.1, 0.15) is 0 Å². The van der Waals surface area contributed by atoms with Crippen molar-refractivity contribution in [3.8, 4) is 0 Å². The minimum atomic E-state index is -0.0655. The molecule has 1 rings (SSSR count). The number of anilines is 1. The number of rotatable bonds is 1. The van der Waals surface area contributed by atoms with E-state index in [9.17, 15) is 0 Å². The first-order valence-electron chi connectivity index (χ1n) is 3.15. The lowest BCUT2D eigenvalue weighted by molar-refractivity contribution is 1.40. The number of hydrogen-bond donors (Lipinski definition) is 3. The van der Waals surface area contributed by atoms with Crippen molar-refractivity contribution in [2.45, 2.75) is 0 Å². The average molecular weight is 293 g/mol. The van der Waals surface area contributed by atoms with E-state index in [1.807, 2.05) is 18.2 Å². The van der Waals surface area contributed by atoms with Crippen molar-refractivity contribution in [3.63, 3.8) is 0 Å². The topological polar surface area (TPSA) is 61.9 Å². The third-order valence-electron chi connectivity index (χ3n) is 1.20. The third kappa shape index (κ3) is 2.49. The fraction of sp³-hybridized carbons (Fsp3) is 0. The van der Waals surface area contributed by atoms with Gasteiger partial charge in [-0.05, 0) is 50.1 Å². The Bertz CT molecular complexity index is 312.